The molecule has 0 saturated carbocycles. The zero-order chi connectivity index (χ0) is 12.2. The molecule has 14 heavy (non-hydrogen) atoms. The molecule has 0 aromatic carbocycles. The van der Waals surface area contributed by atoms with E-state index in [0.717, 1.165) is 0 Å². The fraction of sp³-hybridized carbons (Fsp3) is 1.00. The standard InChI is InChI=1S/C7H20Si2.C3H9ClSi/c1-8(2,3)7-9(4,5)6;1-5(2,3)4/h7H2,1-6H3;1-3H3. The van der Waals surface area contributed by atoms with Crippen molar-refractivity contribution in [2.45, 2.75) is 64.6 Å². The molecule has 0 bridgehead atoms. The van der Waals surface area contributed by atoms with Crippen molar-refractivity contribution in [1.82, 2.24) is 0 Å². The molecule has 0 fully saturated rings. The second-order valence-corrected chi connectivity index (χ2v) is 26.6. The Labute approximate surface area is 99.2 Å². The minimum atomic E-state index is -1.14. The Hall–Kier alpha value is 0.941. The predicted octanol–water partition coefficient (Wildman–Crippen LogP) is 5.26. The molecule has 0 amide bonds. The summed E-state index contributed by atoms with van der Waals surface area (Å²) in [5, 5.41) is 0. The van der Waals surface area contributed by atoms with E-state index in [-0.39, 0.29) is 0 Å². The van der Waals surface area contributed by atoms with Crippen LogP contribution >= 0.6 is 11.1 Å². The molecule has 0 radical (unpaired) electrons. The van der Waals surface area contributed by atoms with Crippen LogP contribution in [0.2, 0.25) is 64.6 Å². The van der Waals surface area contributed by atoms with Crippen molar-refractivity contribution in [3.05, 3.63) is 0 Å². The average Bonchev–Trinajstić information content (AvgIpc) is 1.42. The molecule has 0 atom stereocenters. The van der Waals surface area contributed by atoms with Crippen molar-refractivity contribution in [3.8, 4) is 0 Å². The summed E-state index contributed by atoms with van der Waals surface area (Å²) in [6.07, 6.45) is 0. The summed E-state index contributed by atoms with van der Waals surface area (Å²) in [5.41, 5.74) is 1.57. The number of halogens is 1. The van der Waals surface area contributed by atoms with E-state index in [1.807, 2.05) is 0 Å². The number of hydrogen-bond acceptors (Lipinski definition) is 0. The predicted molar refractivity (Wildman–Crippen MR) is 80.7 cm³/mol. The van der Waals surface area contributed by atoms with Crippen LogP contribution in [0.1, 0.15) is 0 Å². The zero-order valence-electron chi connectivity index (χ0n) is 11.6. The van der Waals surface area contributed by atoms with Gasteiger partial charge in [0.25, 0.3) is 0 Å². The van der Waals surface area contributed by atoms with Gasteiger partial charge in [0.15, 0.2) is 0 Å². The van der Waals surface area contributed by atoms with E-state index < -0.39 is 23.5 Å². The Morgan fingerprint density at radius 1 is 0.643 bits per heavy atom. The lowest BCUT2D eigenvalue weighted by Crippen LogP contribution is -2.34. The molecule has 0 aliphatic rings. The van der Waals surface area contributed by atoms with Gasteiger partial charge in [0.2, 0.25) is 0 Å². The molecule has 0 rings (SSSR count). The van der Waals surface area contributed by atoms with Gasteiger partial charge >= 0.3 is 0 Å². The third-order valence-electron chi connectivity index (χ3n) is 1.06. The van der Waals surface area contributed by atoms with E-state index in [1.54, 1.807) is 5.67 Å². The van der Waals surface area contributed by atoms with Gasteiger partial charge in [-0.1, -0.05) is 64.6 Å². The van der Waals surface area contributed by atoms with Gasteiger partial charge in [-0.2, -0.15) is 11.1 Å². The molecule has 0 saturated heterocycles. The van der Waals surface area contributed by atoms with E-state index in [1.165, 1.54) is 0 Å². The average molecular weight is 269 g/mol. The molecule has 0 aliphatic heterocycles. The van der Waals surface area contributed by atoms with Gasteiger partial charge < -0.3 is 0 Å². The first-order valence-corrected chi connectivity index (χ1v) is 17.3. The highest BCUT2D eigenvalue weighted by Crippen LogP contribution is 2.18. The molecule has 0 aromatic heterocycles. The largest absolute Gasteiger partial charge is 0.168 e. The molecule has 0 aromatic rings. The van der Waals surface area contributed by atoms with Crippen LogP contribution in [0.15, 0.2) is 0 Å². The lowest BCUT2D eigenvalue weighted by molar-refractivity contribution is 1.52. The molecule has 4 heteroatoms. The third-order valence-corrected chi connectivity index (χ3v) is 9.55. The lowest BCUT2D eigenvalue weighted by Gasteiger charge is -2.25. The lowest BCUT2D eigenvalue weighted by atomic mass is 11.7. The summed E-state index contributed by atoms with van der Waals surface area (Å²) in [6.45, 7) is 21.1. The van der Waals surface area contributed by atoms with Crippen LogP contribution in [-0.2, 0) is 0 Å². The summed E-state index contributed by atoms with van der Waals surface area (Å²) >= 11 is 5.67. The summed E-state index contributed by atoms with van der Waals surface area (Å²) in [5.74, 6) is 0. The Morgan fingerprint density at radius 2 is 0.786 bits per heavy atom. The van der Waals surface area contributed by atoms with Crippen molar-refractivity contribution < 1.29 is 0 Å². The van der Waals surface area contributed by atoms with Crippen molar-refractivity contribution in [1.29, 1.82) is 0 Å². The Balaban J connectivity index is 0. The molecular weight excluding hydrogens is 240 g/mol. The second-order valence-electron chi connectivity index (χ2n) is 7.37. The van der Waals surface area contributed by atoms with E-state index >= 15 is 0 Å². The minimum absolute atomic E-state index is 0.731. The zero-order valence-corrected chi connectivity index (χ0v) is 15.3. The highest BCUT2D eigenvalue weighted by molar-refractivity contribution is 7.18. The van der Waals surface area contributed by atoms with Crippen LogP contribution in [0.25, 0.3) is 0 Å². The highest BCUT2D eigenvalue weighted by atomic mass is 35.6. The molecule has 0 spiro atoms. The van der Waals surface area contributed by atoms with Crippen molar-refractivity contribution in [2.24, 2.45) is 0 Å². The molecule has 0 N–H and O–H groups in total. The maximum Gasteiger partial charge on any atom is 0.147 e. The first-order chi connectivity index (χ1) is 5.71. The van der Waals surface area contributed by atoms with Gasteiger partial charge in [-0.05, 0) is 0 Å². The first-order valence-electron chi connectivity index (χ1n) is 5.40. The van der Waals surface area contributed by atoms with Gasteiger partial charge in [-0.3, -0.25) is 0 Å². The summed E-state index contributed by atoms with van der Waals surface area (Å²) < 4.78 is 0. The Kier molecular flexibility index (Phi) is 7.27. The van der Waals surface area contributed by atoms with Crippen LogP contribution in [-0.4, -0.2) is 23.5 Å². The van der Waals surface area contributed by atoms with Crippen molar-refractivity contribution in [3.63, 3.8) is 0 Å². The highest BCUT2D eigenvalue weighted by Gasteiger charge is 2.23. The quantitative estimate of drug-likeness (QED) is 0.473. The van der Waals surface area contributed by atoms with Crippen LogP contribution in [0.3, 0.4) is 0 Å². The van der Waals surface area contributed by atoms with Gasteiger partial charge in [-0.15, -0.1) is 0 Å². The molecule has 0 nitrogen and oxygen atoms in total. The summed E-state index contributed by atoms with van der Waals surface area (Å²) in [7, 11) is -2.60. The normalized spacial score (nSPS) is 13.3. The minimum Gasteiger partial charge on any atom is -0.168 e. The topological polar surface area (TPSA) is 0 Å². The second kappa shape index (κ2) is 5.87. The maximum atomic E-state index is 5.67. The van der Waals surface area contributed by atoms with E-state index in [9.17, 15) is 0 Å². The van der Waals surface area contributed by atoms with E-state index in [0.29, 0.717) is 0 Å². The Morgan fingerprint density at radius 3 is 0.786 bits per heavy atom. The SMILES string of the molecule is C[Si](C)(C)C[Si](C)(C)C.C[Si](C)(C)Cl. The number of rotatable bonds is 2. The molecule has 0 unspecified atom stereocenters. The molecule has 0 heterocycles. The van der Waals surface area contributed by atoms with E-state index in [2.05, 4.69) is 58.9 Å². The van der Waals surface area contributed by atoms with Gasteiger partial charge in [-0.25, -0.2) is 0 Å². The smallest absolute Gasteiger partial charge is 0.147 e. The van der Waals surface area contributed by atoms with Crippen LogP contribution in [0.4, 0.5) is 0 Å². The summed E-state index contributed by atoms with van der Waals surface area (Å²) in [4.78, 5) is 0. The van der Waals surface area contributed by atoms with Gasteiger partial charge in [0, 0.05) is 16.1 Å². The summed E-state index contributed by atoms with van der Waals surface area (Å²) in [6, 6.07) is 0. The van der Waals surface area contributed by atoms with Gasteiger partial charge in [0.05, 0.1) is 0 Å². The molecule has 88 valence electrons. The third kappa shape index (κ3) is 38.3. The number of hydrogen-bond donors (Lipinski definition) is 0. The fourth-order valence-corrected chi connectivity index (χ4v) is 14.3. The van der Waals surface area contributed by atoms with Crippen LogP contribution in [0.5, 0.6) is 0 Å². The molecule has 0 aliphatic carbocycles. The molecular formula is C10H29ClSi3. The van der Waals surface area contributed by atoms with Crippen LogP contribution < -0.4 is 0 Å². The van der Waals surface area contributed by atoms with Gasteiger partial charge in [0.1, 0.15) is 7.38 Å². The first kappa shape index (κ1) is 17.3. The maximum absolute atomic E-state index is 5.67. The monoisotopic (exact) mass is 268 g/mol. The van der Waals surface area contributed by atoms with E-state index in [4.69, 9.17) is 11.1 Å². The van der Waals surface area contributed by atoms with Crippen molar-refractivity contribution in [2.75, 3.05) is 0 Å². The van der Waals surface area contributed by atoms with Crippen LogP contribution in [0, 0.1) is 0 Å². The fourth-order valence-electron chi connectivity index (χ4n) is 1.59. The Bertz CT molecular complexity index is 130. The van der Waals surface area contributed by atoms with Crippen molar-refractivity contribution >= 4 is 34.6 Å².